The van der Waals surface area contributed by atoms with Gasteiger partial charge in [-0.1, -0.05) is 24.3 Å². The Morgan fingerprint density at radius 2 is 1.62 bits per heavy atom. The van der Waals surface area contributed by atoms with Gasteiger partial charge >= 0.3 is 0 Å². The fraction of sp³-hybridized carbons (Fsp3) is 0.0667. The molecule has 0 saturated heterocycles. The standard InChI is InChI=1S/C15H12N2O3S/c1-17-15(18)12-7-3-5-9-14(12)21(19,20)13-8-4-2-6-11(13)10-16/h2-9H,1H3,(H,17,18). The van der Waals surface area contributed by atoms with Gasteiger partial charge in [0.1, 0.15) is 6.07 Å². The van der Waals surface area contributed by atoms with Crippen molar-refractivity contribution in [3.63, 3.8) is 0 Å². The van der Waals surface area contributed by atoms with Crippen LogP contribution in [0.1, 0.15) is 15.9 Å². The molecule has 0 spiro atoms. The molecule has 1 amide bonds. The lowest BCUT2D eigenvalue weighted by Crippen LogP contribution is -2.21. The first-order valence-electron chi connectivity index (χ1n) is 6.07. The van der Waals surface area contributed by atoms with E-state index in [1.165, 1.54) is 43.4 Å². The Hall–Kier alpha value is -2.65. The van der Waals surface area contributed by atoms with Crippen molar-refractivity contribution < 1.29 is 13.2 Å². The van der Waals surface area contributed by atoms with E-state index in [-0.39, 0.29) is 20.9 Å². The minimum atomic E-state index is -3.95. The molecule has 2 aromatic carbocycles. The maximum absolute atomic E-state index is 12.7. The van der Waals surface area contributed by atoms with Crippen molar-refractivity contribution in [1.29, 1.82) is 5.26 Å². The SMILES string of the molecule is CNC(=O)c1ccccc1S(=O)(=O)c1ccccc1C#N. The van der Waals surface area contributed by atoms with Crippen molar-refractivity contribution in [2.75, 3.05) is 7.05 Å². The van der Waals surface area contributed by atoms with Crippen molar-refractivity contribution in [1.82, 2.24) is 5.32 Å². The van der Waals surface area contributed by atoms with E-state index in [9.17, 15) is 13.2 Å². The number of hydrogen-bond acceptors (Lipinski definition) is 4. The summed E-state index contributed by atoms with van der Waals surface area (Å²) in [5, 5.41) is 11.5. The van der Waals surface area contributed by atoms with Crippen molar-refractivity contribution in [3.8, 4) is 6.07 Å². The lowest BCUT2D eigenvalue weighted by Gasteiger charge is -2.10. The summed E-state index contributed by atoms with van der Waals surface area (Å²) in [5.74, 6) is -0.497. The smallest absolute Gasteiger partial charge is 0.252 e. The molecule has 1 N–H and O–H groups in total. The van der Waals surface area contributed by atoms with E-state index in [1.54, 1.807) is 12.1 Å². The first-order chi connectivity index (χ1) is 10.0. The molecule has 0 aromatic heterocycles. The summed E-state index contributed by atoms with van der Waals surface area (Å²) in [4.78, 5) is 11.6. The average Bonchev–Trinajstić information content (AvgIpc) is 2.54. The topological polar surface area (TPSA) is 87.0 Å². The number of benzene rings is 2. The van der Waals surface area contributed by atoms with E-state index >= 15 is 0 Å². The summed E-state index contributed by atoms with van der Waals surface area (Å²) in [5.41, 5.74) is 0.0944. The second-order valence-electron chi connectivity index (χ2n) is 4.19. The van der Waals surface area contributed by atoms with E-state index in [2.05, 4.69) is 5.32 Å². The molecule has 0 unspecified atom stereocenters. The molecule has 0 saturated carbocycles. The van der Waals surface area contributed by atoms with Gasteiger partial charge in [0.15, 0.2) is 0 Å². The molecule has 0 aliphatic rings. The van der Waals surface area contributed by atoms with Crippen molar-refractivity contribution in [3.05, 3.63) is 59.7 Å². The first kappa shape index (κ1) is 14.8. The zero-order chi connectivity index (χ0) is 15.5. The molecule has 0 atom stereocenters. The van der Waals surface area contributed by atoms with Crippen LogP contribution >= 0.6 is 0 Å². The third-order valence-electron chi connectivity index (χ3n) is 2.95. The molecule has 21 heavy (non-hydrogen) atoms. The van der Waals surface area contributed by atoms with Crippen LogP contribution in [0, 0.1) is 11.3 Å². The fourth-order valence-corrected chi connectivity index (χ4v) is 3.54. The third kappa shape index (κ3) is 2.64. The number of sulfone groups is 1. The van der Waals surface area contributed by atoms with Crippen LogP contribution in [-0.2, 0) is 9.84 Å². The number of hydrogen-bond donors (Lipinski definition) is 1. The number of carbonyl (C=O) groups is 1. The minimum absolute atomic E-state index is 0.0456. The van der Waals surface area contributed by atoms with Crippen LogP contribution in [0.15, 0.2) is 58.3 Å². The first-order valence-corrected chi connectivity index (χ1v) is 7.56. The molecular formula is C15H12N2O3S. The molecule has 6 heteroatoms. The highest BCUT2D eigenvalue weighted by molar-refractivity contribution is 7.91. The van der Waals surface area contributed by atoms with Crippen LogP contribution < -0.4 is 5.32 Å². The molecule has 2 aromatic rings. The number of nitrogens with one attached hydrogen (secondary N) is 1. The normalized spacial score (nSPS) is 10.7. The van der Waals surface area contributed by atoms with Gasteiger partial charge in [-0.05, 0) is 24.3 Å². The Labute approximate surface area is 122 Å². The van der Waals surface area contributed by atoms with Crippen LogP contribution in [0.2, 0.25) is 0 Å². The van der Waals surface area contributed by atoms with E-state index in [0.29, 0.717) is 0 Å². The highest BCUT2D eigenvalue weighted by Gasteiger charge is 2.25. The van der Waals surface area contributed by atoms with Crippen LogP contribution in [0.4, 0.5) is 0 Å². The van der Waals surface area contributed by atoms with E-state index in [1.807, 2.05) is 6.07 Å². The molecule has 0 bridgehead atoms. The summed E-state index contributed by atoms with van der Waals surface area (Å²) >= 11 is 0. The molecule has 5 nitrogen and oxygen atoms in total. The Morgan fingerprint density at radius 1 is 1.05 bits per heavy atom. The van der Waals surface area contributed by atoms with Gasteiger partial charge < -0.3 is 5.32 Å². The molecule has 0 fully saturated rings. The summed E-state index contributed by atoms with van der Waals surface area (Å²) in [6.07, 6.45) is 0. The Bertz CT molecular complexity index is 836. The van der Waals surface area contributed by atoms with Crippen LogP contribution in [-0.4, -0.2) is 21.4 Å². The monoisotopic (exact) mass is 300 g/mol. The Morgan fingerprint density at radius 3 is 2.24 bits per heavy atom. The number of carbonyl (C=O) groups excluding carboxylic acids is 1. The summed E-state index contributed by atoms with van der Waals surface area (Å²) < 4.78 is 25.4. The average molecular weight is 300 g/mol. The van der Waals surface area contributed by atoms with E-state index < -0.39 is 15.7 Å². The Balaban J connectivity index is 2.72. The van der Waals surface area contributed by atoms with Gasteiger partial charge in [-0.2, -0.15) is 5.26 Å². The van der Waals surface area contributed by atoms with Gasteiger partial charge in [-0.3, -0.25) is 4.79 Å². The second-order valence-corrected chi connectivity index (χ2v) is 6.07. The summed E-state index contributed by atoms with van der Waals surface area (Å²) in [7, 11) is -2.53. The maximum Gasteiger partial charge on any atom is 0.252 e. The highest BCUT2D eigenvalue weighted by atomic mass is 32.2. The lowest BCUT2D eigenvalue weighted by atomic mass is 10.2. The van der Waals surface area contributed by atoms with Gasteiger partial charge in [0.25, 0.3) is 5.91 Å². The lowest BCUT2D eigenvalue weighted by molar-refractivity contribution is 0.0960. The molecule has 0 aliphatic carbocycles. The number of rotatable bonds is 3. The summed E-state index contributed by atoms with van der Waals surface area (Å²) in [6.45, 7) is 0. The fourth-order valence-electron chi connectivity index (χ4n) is 1.94. The molecule has 0 heterocycles. The third-order valence-corrected chi connectivity index (χ3v) is 4.82. The van der Waals surface area contributed by atoms with Gasteiger partial charge in [0, 0.05) is 7.05 Å². The molecule has 2 rings (SSSR count). The van der Waals surface area contributed by atoms with Gasteiger partial charge in [-0.15, -0.1) is 0 Å². The zero-order valence-electron chi connectivity index (χ0n) is 11.2. The minimum Gasteiger partial charge on any atom is -0.355 e. The van der Waals surface area contributed by atoms with Crippen molar-refractivity contribution in [2.45, 2.75) is 9.79 Å². The Kier molecular flexibility index (Phi) is 4.05. The molecule has 0 radical (unpaired) electrons. The van der Waals surface area contributed by atoms with E-state index in [4.69, 9.17) is 5.26 Å². The number of nitriles is 1. The predicted molar refractivity (Wildman–Crippen MR) is 76.4 cm³/mol. The van der Waals surface area contributed by atoms with Crippen LogP contribution in [0.3, 0.4) is 0 Å². The summed E-state index contributed by atoms with van der Waals surface area (Å²) in [6, 6.07) is 13.7. The molecular weight excluding hydrogens is 288 g/mol. The van der Waals surface area contributed by atoms with Gasteiger partial charge in [-0.25, -0.2) is 8.42 Å². The van der Waals surface area contributed by atoms with Crippen LogP contribution in [0.25, 0.3) is 0 Å². The number of nitrogens with zero attached hydrogens (tertiary/aromatic N) is 1. The van der Waals surface area contributed by atoms with Crippen molar-refractivity contribution in [2.24, 2.45) is 0 Å². The van der Waals surface area contributed by atoms with Crippen molar-refractivity contribution >= 4 is 15.7 Å². The quantitative estimate of drug-likeness (QED) is 0.935. The van der Waals surface area contributed by atoms with E-state index in [0.717, 1.165) is 0 Å². The zero-order valence-corrected chi connectivity index (χ0v) is 12.0. The van der Waals surface area contributed by atoms with Gasteiger partial charge in [0.05, 0.1) is 20.9 Å². The maximum atomic E-state index is 12.7. The predicted octanol–water partition coefficient (Wildman–Crippen LogP) is 1.75. The number of amides is 1. The van der Waals surface area contributed by atoms with Crippen LogP contribution in [0.5, 0.6) is 0 Å². The second kappa shape index (κ2) is 5.77. The molecule has 0 aliphatic heterocycles. The largest absolute Gasteiger partial charge is 0.355 e. The molecule has 106 valence electrons. The van der Waals surface area contributed by atoms with Gasteiger partial charge in [0.2, 0.25) is 9.84 Å². The highest BCUT2D eigenvalue weighted by Crippen LogP contribution is 2.26.